The molecule has 2 aromatic rings. The van der Waals surface area contributed by atoms with Crippen LogP contribution in [0.1, 0.15) is 60.3 Å². The predicted octanol–water partition coefficient (Wildman–Crippen LogP) is 3.94. The second-order valence-electron chi connectivity index (χ2n) is 8.90. The highest BCUT2D eigenvalue weighted by atomic mass is 35.5. The smallest absolute Gasteiger partial charge is 0.264 e. The zero-order chi connectivity index (χ0) is 24.1. The summed E-state index contributed by atoms with van der Waals surface area (Å²) in [5.41, 5.74) is 1.24. The molecule has 7 nitrogen and oxygen atoms in total. The van der Waals surface area contributed by atoms with Gasteiger partial charge in [-0.1, -0.05) is 23.2 Å². The number of nitrogens with one attached hydrogen (secondary N) is 1. The number of hydrogen-bond acceptors (Lipinski definition) is 6. The van der Waals surface area contributed by atoms with Crippen molar-refractivity contribution in [1.29, 1.82) is 0 Å². The van der Waals surface area contributed by atoms with Gasteiger partial charge in [-0.2, -0.15) is 0 Å². The quantitative estimate of drug-likeness (QED) is 0.605. The van der Waals surface area contributed by atoms with Gasteiger partial charge in [0.1, 0.15) is 9.84 Å². The first-order chi connectivity index (χ1) is 15.5. The maximum atomic E-state index is 13.6. The van der Waals surface area contributed by atoms with Gasteiger partial charge in [-0.3, -0.25) is 18.7 Å². The van der Waals surface area contributed by atoms with Gasteiger partial charge in [0, 0.05) is 36.0 Å². The number of carbonyl (C=O) groups excluding carboxylic acids is 1. The average molecular weight is 530 g/mol. The fourth-order valence-corrected chi connectivity index (χ4v) is 6.63. The molecule has 1 aromatic carbocycles. The Balaban J connectivity index is 1.85. The number of fused-ring (bicyclic) bond motifs is 1. The molecule has 0 radical (unpaired) electrons. The summed E-state index contributed by atoms with van der Waals surface area (Å²) in [6.07, 6.45) is 3.65. The molecule has 0 spiro atoms. The first-order valence-corrected chi connectivity index (χ1v) is 13.9. The Kier molecular flexibility index (Phi) is 6.90. The van der Waals surface area contributed by atoms with Gasteiger partial charge < -0.3 is 5.32 Å². The van der Waals surface area contributed by atoms with Crippen molar-refractivity contribution >= 4 is 51.2 Å². The summed E-state index contributed by atoms with van der Waals surface area (Å²) in [5, 5.41) is 3.47. The third kappa shape index (κ3) is 4.71. The molecule has 0 amide bonds. The minimum atomic E-state index is -3.14. The number of hydrogen-bond donors (Lipinski definition) is 1. The maximum absolute atomic E-state index is 13.6. The van der Waals surface area contributed by atoms with E-state index in [4.69, 9.17) is 35.4 Å². The molecular weight excluding hydrogens is 505 g/mol. The molecule has 1 fully saturated rings. The SMILES string of the molecule is CC1Cc2c(n(C(=O)c3ccc(Cl)c(Cl)c3)c(=S)n(C3CCC(S(C)(=O)=O)CC3)c2=O)CN1. The lowest BCUT2D eigenvalue weighted by Crippen LogP contribution is -2.44. The first kappa shape index (κ1) is 24.6. The molecule has 1 aliphatic heterocycles. The van der Waals surface area contributed by atoms with Crippen LogP contribution in [-0.4, -0.2) is 41.0 Å². The van der Waals surface area contributed by atoms with Gasteiger partial charge >= 0.3 is 0 Å². The summed E-state index contributed by atoms with van der Waals surface area (Å²) >= 11 is 17.9. The Morgan fingerprint density at radius 2 is 1.82 bits per heavy atom. The molecule has 1 saturated carbocycles. The van der Waals surface area contributed by atoms with E-state index in [-0.39, 0.29) is 33.3 Å². The normalized spacial score (nSPS) is 23.2. The molecule has 1 aromatic heterocycles. The molecular formula is C22H25Cl2N3O4S2. The first-order valence-electron chi connectivity index (χ1n) is 10.8. The molecule has 1 aliphatic carbocycles. The van der Waals surface area contributed by atoms with Crippen LogP contribution in [0, 0.1) is 4.77 Å². The third-order valence-electron chi connectivity index (χ3n) is 6.60. The Bertz CT molecular complexity index is 1340. The predicted molar refractivity (Wildman–Crippen MR) is 132 cm³/mol. The molecule has 0 bridgehead atoms. The van der Waals surface area contributed by atoms with Crippen LogP contribution in [0.4, 0.5) is 0 Å². The van der Waals surface area contributed by atoms with Crippen LogP contribution in [0.3, 0.4) is 0 Å². The zero-order valence-electron chi connectivity index (χ0n) is 18.3. The van der Waals surface area contributed by atoms with Crippen molar-refractivity contribution in [2.24, 2.45) is 0 Å². The van der Waals surface area contributed by atoms with Crippen molar-refractivity contribution in [2.75, 3.05) is 6.26 Å². The van der Waals surface area contributed by atoms with Crippen LogP contribution in [0.15, 0.2) is 23.0 Å². The lowest BCUT2D eigenvalue weighted by molar-refractivity contribution is 0.0947. The number of sulfone groups is 1. The molecule has 11 heteroatoms. The minimum Gasteiger partial charge on any atom is -0.308 e. The lowest BCUT2D eigenvalue weighted by Gasteiger charge is -2.32. The number of aromatic nitrogens is 2. The summed E-state index contributed by atoms with van der Waals surface area (Å²) in [4.78, 5) is 27.1. The molecule has 1 atom stereocenters. The number of halogens is 2. The van der Waals surface area contributed by atoms with E-state index in [0.29, 0.717) is 60.5 Å². The van der Waals surface area contributed by atoms with Crippen LogP contribution in [0.2, 0.25) is 10.0 Å². The van der Waals surface area contributed by atoms with Crippen molar-refractivity contribution in [2.45, 2.75) is 62.9 Å². The summed E-state index contributed by atoms with van der Waals surface area (Å²) in [5.74, 6) is -0.384. The summed E-state index contributed by atoms with van der Waals surface area (Å²) < 4.78 is 27.0. The molecule has 0 saturated heterocycles. The zero-order valence-corrected chi connectivity index (χ0v) is 21.5. The Morgan fingerprint density at radius 1 is 1.15 bits per heavy atom. The average Bonchev–Trinajstić information content (AvgIpc) is 2.76. The van der Waals surface area contributed by atoms with E-state index < -0.39 is 15.1 Å². The largest absolute Gasteiger partial charge is 0.308 e. The molecule has 1 N–H and O–H groups in total. The number of nitrogens with zero attached hydrogens (tertiary/aromatic N) is 2. The minimum absolute atomic E-state index is 0.0733. The van der Waals surface area contributed by atoms with Crippen molar-refractivity contribution < 1.29 is 13.2 Å². The molecule has 33 heavy (non-hydrogen) atoms. The van der Waals surface area contributed by atoms with E-state index in [1.165, 1.54) is 21.5 Å². The highest BCUT2D eigenvalue weighted by Gasteiger charge is 2.33. The van der Waals surface area contributed by atoms with Gasteiger partial charge in [0.25, 0.3) is 11.5 Å². The van der Waals surface area contributed by atoms with Gasteiger partial charge in [0.2, 0.25) is 0 Å². The number of benzene rings is 1. The number of rotatable bonds is 3. The molecule has 2 heterocycles. The van der Waals surface area contributed by atoms with Crippen LogP contribution < -0.4 is 10.9 Å². The van der Waals surface area contributed by atoms with Gasteiger partial charge in [0.05, 0.1) is 21.0 Å². The molecule has 1 unspecified atom stereocenters. The van der Waals surface area contributed by atoms with Crippen molar-refractivity contribution in [3.8, 4) is 0 Å². The van der Waals surface area contributed by atoms with E-state index >= 15 is 0 Å². The van der Waals surface area contributed by atoms with Gasteiger partial charge in [0.15, 0.2) is 4.77 Å². The van der Waals surface area contributed by atoms with Gasteiger partial charge in [-0.25, -0.2) is 8.42 Å². The van der Waals surface area contributed by atoms with Gasteiger partial charge in [-0.15, -0.1) is 0 Å². The van der Waals surface area contributed by atoms with Crippen molar-refractivity contribution in [1.82, 2.24) is 14.5 Å². The van der Waals surface area contributed by atoms with Crippen LogP contribution in [0.25, 0.3) is 0 Å². The van der Waals surface area contributed by atoms with Crippen molar-refractivity contribution in [3.05, 3.63) is 60.2 Å². The molecule has 178 valence electrons. The maximum Gasteiger partial charge on any atom is 0.264 e. The van der Waals surface area contributed by atoms with Crippen LogP contribution in [0.5, 0.6) is 0 Å². The van der Waals surface area contributed by atoms with E-state index in [2.05, 4.69) is 5.32 Å². The fourth-order valence-electron chi connectivity index (χ4n) is 4.78. The third-order valence-corrected chi connectivity index (χ3v) is 9.41. The molecule has 2 aliphatic rings. The summed E-state index contributed by atoms with van der Waals surface area (Å²) in [6.45, 7) is 2.32. The second-order valence-corrected chi connectivity index (χ2v) is 12.4. The molecule has 4 rings (SSSR count). The van der Waals surface area contributed by atoms with E-state index in [0.717, 1.165) is 0 Å². The highest BCUT2D eigenvalue weighted by molar-refractivity contribution is 7.91. The Morgan fingerprint density at radius 3 is 2.42 bits per heavy atom. The van der Waals surface area contributed by atoms with Crippen LogP contribution in [-0.2, 0) is 22.8 Å². The van der Waals surface area contributed by atoms with E-state index in [9.17, 15) is 18.0 Å². The Hall–Kier alpha value is -1.52. The van der Waals surface area contributed by atoms with E-state index in [1.807, 2.05) is 6.92 Å². The summed E-state index contributed by atoms with van der Waals surface area (Å²) in [7, 11) is -3.14. The van der Waals surface area contributed by atoms with E-state index in [1.54, 1.807) is 12.1 Å². The fraction of sp³-hybridized carbons (Fsp3) is 0.500. The van der Waals surface area contributed by atoms with Gasteiger partial charge in [-0.05, 0) is 69.4 Å². The highest BCUT2D eigenvalue weighted by Crippen LogP contribution is 2.32. The summed E-state index contributed by atoms with van der Waals surface area (Å²) in [6, 6.07) is 4.44. The monoisotopic (exact) mass is 529 g/mol. The second kappa shape index (κ2) is 9.26. The topological polar surface area (TPSA) is 90.2 Å². The lowest BCUT2D eigenvalue weighted by atomic mass is 9.94. The van der Waals surface area contributed by atoms with Crippen LogP contribution >= 0.6 is 35.4 Å². The number of carbonyl (C=O) groups is 1. The van der Waals surface area contributed by atoms with Crippen molar-refractivity contribution in [3.63, 3.8) is 0 Å². The standard InChI is InChI=1S/C22H25Cl2N3O4S2/c1-12-9-16-19(11-25-12)27(20(28)13-3-8-17(23)18(24)10-13)22(32)26(21(16)29)14-4-6-15(7-5-14)33(2,30)31/h3,8,10,12,14-15,25H,4-7,9,11H2,1-2H3. The Labute approximate surface area is 207 Å².